The zero-order chi connectivity index (χ0) is 22.3. The van der Waals surface area contributed by atoms with E-state index in [0.29, 0.717) is 17.2 Å². The van der Waals surface area contributed by atoms with E-state index < -0.39 is 16.0 Å². The molecule has 3 rings (SSSR count). The van der Waals surface area contributed by atoms with Gasteiger partial charge in [0, 0.05) is 6.54 Å². The van der Waals surface area contributed by atoms with Crippen molar-refractivity contribution in [2.24, 2.45) is 0 Å². The maximum Gasteiger partial charge on any atom is 0.312 e. The van der Waals surface area contributed by atoms with Crippen molar-refractivity contribution in [2.75, 3.05) is 13.7 Å². The molecule has 162 valence electrons. The molecule has 8 heteroatoms. The third-order valence-corrected chi connectivity index (χ3v) is 5.79. The quantitative estimate of drug-likeness (QED) is 0.398. The zero-order valence-electron chi connectivity index (χ0n) is 17.2. The Kier molecular flexibility index (Phi) is 7.28. The van der Waals surface area contributed by atoms with Gasteiger partial charge in [-0.3, -0.25) is 4.79 Å². The predicted molar refractivity (Wildman–Crippen MR) is 116 cm³/mol. The van der Waals surface area contributed by atoms with Crippen LogP contribution in [0.4, 0.5) is 0 Å². The van der Waals surface area contributed by atoms with E-state index in [4.69, 9.17) is 14.2 Å². The number of nitrogens with one attached hydrogen (secondary N) is 1. The predicted octanol–water partition coefficient (Wildman–Crippen LogP) is 4.07. The van der Waals surface area contributed by atoms with Crippen LogP contribution in [0.15, 0.2) is 77.7 Å². The summed E-state index contributed by atoms with van der Waals surface area (Å²) in [5.74, 6) is 0.969. The van der Waals surface area contributed by atoms with Gasteiger partial charge in [0.25, 0.3) is 0 Å². The number of rotatable bonds is 9. The molecule has 0 heterocycles. The number of sulfonamides is 1. The van der Waals surface area contributed by atoms with Crippen LogP contribution in [-0.4, -0.2) is 28.0 Å². The minimum absolute atomic E-state index is 0.0927. The molecule has 0 bridgehead atoms. The highest BCUT2D eigenvalue weighted by molar-refractivity contribution is 7.89. The first-order valence-electron chi connectivity index (χ1n) is 9.56. The van der Waals surface area contributed by atoms with Gasteiger partial charge >= 0.3 is 5.97 Å². The first kappa shape index (κ1) is 22.3. The lowest BCUT2D eigenvalue weighted by Crippen LogP contribution is -2.27. The van der Waals surface area contributed by atoms with E-state index >= 15 is 0 Å². The van der Waals surface area contributed by atoms with Gasteiger partial charge in [0.2, 0.25) is 10.0 Å². The molecular weight excluding hydrogens is 418 g/mol. The number of carbonyl (C=O) groups is 1. The maximum atomic E-state index is 12.3. The molecule has 0 atom stereocenters. The molecule has 0 unspecified atom stereocenters. The SMILES string of the molecule is COc1ccccc1Oc1ccccc1OC(=O)CCNS(=O)(=O)c1ccc(C)cc1. The van der Waals surface area contributed by atoms with E-state index in [1.807, 2.05) is 13.0 Å². The third kappa shape index (κ3) is 6.07. The summed E-state index contributed by atoms with van der Waals surface area (Å²) < 4.78 is 43.5. The summed E-state index contributed by atoms with van der Waals surface area (Å²) in [5.41, 5.74) is 0.955. The van der Waals surface area contributed by atoms with Crippen LogP contribution in [0.2, 0.25) is 0 Å². The Morgan fingerprint density at radius 3 is 2.00 bits per heavy atom. The lowest BCUT2D eigenvalue weighted by Gasteiger charge is -2.13. The molecule has 0 saturated heterocycles. The van der Waals surface area contributed by atoms with Crippen LogP contribution in [0.3, 0.4) is 0 Å². The van der Waals surface area contributed by atoms with Crippen LogP contribution in [-0.2, 0) is 14.8 Å². The summed E-state index contributed by atoms with van der Waals surface area (Å²) in [5, 5.41) is 0. The Hall–Kier alpha value is -3.36. The molecule has 0 aliphatic rings. The number of carbonyl (C=O) groups excluding carboxylic acids is 1. The summed E-state index contributed by atoms with van der Waals surface area (Å²) in [6.07, 6.45) is -0.145. The van der Waals surface area contributed by atoms with Crippen molar-refractivity contribution in [3.63, 3.8) is 0 Å². The van der Waals surface area contributed by atoms with Gasteiger partial charge in [0.05, 0.1) is 18.4 Å². The fraction of sp³-hybridized carbons (Fsp3) is 0.174. The lowest BCUT2D eigenvalue weighted by molar-refractivity contribution is -0.134. The largest absolute Gasteiger partial charge is 0.493 e. The topological polar surface area (TPSA) is 90.9 Å². The Balaban J connectivity index is 1.60. The first-order chi connectivity index (χ1) is 14.9. The van der Waals surface area contributed by atoms with Gasteiger partial charge in [-0.1, -0.05) is 42.0 Å². The van der Waals surface area contributed by atoms with E-state index in [0.717, 1.165) is 5.56 Å². The molecular formula is C23H23NO6S. The van der Waals surface area contributed by atoms with E-state index in [1.165, 1.54) is 19.2 Å². The Morgan fingerprint density at radius 2 is 1.39 bits per heavy atom. The van der Waals surface area contributed by atoms with E-state index in [2.05, 4.69) is 4.72 Å². The summed E-state index contributed by atoms with van der Waals surface area (Å²) >= 11 is 0. The highest BCUT2D eigenvalue weighted by atomic mass is 32.2. The Morgan fingerprint density at radius 1 is 0.839 bits per heavy atom. The Bertz CT molecular complexity index is 1140. The van der Waals surface area contributed by atoms with E-state index in [9.17, 15) is 13.2 Å². The van der Waals surface area contributed by atoms with Crippen LogP contribution in [0.1, 0.15) is 12.0 Å². The fourth-order valence-electron chi connectivity index (χ4n) is 2.70. The van der Waals surface area contributed by atoms with Gasteiger partial charge < -0.3 is 14.2 Å². The van der Waals surface area contributed by atoms with Gasteiger partial charge in [0.1, 0.15) is 0 Å². The average Bonchev–Trinajstić information content (AvgIpc) is 2.75. The molecule has 0 aliphatic carbocycles. The molecule has 0 fully saturated rings. The maximum absolute atomic E-state index is 12.3. The Labute approximate surface area is 181 Å². The normalized spacial score (nSPS) is 11.0. The summed E-state index contributed by atoms with van der Waals surface area (Å²) in [6, 6.07) is 20.3. The van der Waals surface area contributed by atoms with Crippen molar-refractivity contribution >= 4 is 16.0 Å². The van der Waals surface area contributed by atoms with Crippen LogP contribution in [0.5, 0.6) is 23.0 Å². The summed E-state index contributed by atoms with van der Waals surface area (Å²) in [6.45, 7) is 1.78. The second-order valence-electron chi connectivity index (χ2n) is 6.63. The van der Waals surface area contributed by atoms with Crippen molar-refractivity contribution in [3.8, 4) is 23.0 Å². The fourth-order valence-corrected chi connectivity index (χ4v) is 3.73. The molecule has 0 amide bonds. The smallest absolute Gasteiger partial charge is 0.312 e. The van der Waals surface area contributed by atoms with Crippen LogP contribution in [0, 0.1) is 6.92 Å². The molecule has 31 heavy (non-hydrogen) atoms. The minimum atomic E-state index is -3.70. The molecule has 0 saturated carbocycles. The number of benzene rings is 3. The third-order valence-electron chi connectivity index (χ3n) is 4.31. The van der Waals surface area contributed by atoms with Crippen LogP contribution in [0.25, 0.3) is 0 Å². The molecule has 3 aromatic rings. The number of methoxy groups -OCH3 is 1. The van der Waals surface area contributed by atoms with Crippen molar-refractivity contribution in [3.05, 3.63) is 78.4 Å². The monoisotopic (exact) mass is 441 g/mol. The molecule has 3 aromatic carbocycles. The standard InChI is InChI=1S/C23H23NO6S/c1-17-11-13-18(14-12-17)31(26,27)24-16-15-23(25)30-22-10-6-5-9-21(22)29-20-8-4-3-7-19(20)28-2/h3-14,24H,15-16H2,1-2H3. The highest BCUT2D eigenvalue weighted by Crippen LogP contribution is 2.36. The number of hydrogen-bond acceptors (Lipinski definition) is 6. The van der Waals surface area contributed by atoms with Crippen molar-refractivity contribution < 1.29 is 27.4 Å². The van der Waals surface area contributed by atoms with Gasteiger partial charge in [-0.25, -0.2) is 13.1 Å². The van der Waals surface area contributed by atoms with E-state index in [-0.39, 0.29) is 23.6 Å². The zero-order valence-corrected chi connectivity index (χ0v) is 18.0. The second kappa shape index (κ2) is 10.1. The number of esters is 1. The number of ether oxygens (including phenoxy) is 3. The molecule has 0 aromatic heterocycles. The van der Waals surface area contributed by atoms with Crippen molar-refractivity contribution in [1.82, 2.24) is 4.72 Å². The van der Waals surface area contributed by atoms with E-state index in [1.54, 1.807) is 54.6 Å². The second-order valence-corrected chi connectivity index (χ2v) is 8.40. The lowest BCUT2D eigenvalue weighted by atomic mass is 10.2. The number of aryl methyl sites for hydroxylation is 1. The number of para-hydroxylation sites is 4. The van der Waals surface area contributed by atoms with Crippen LogP contribution >= 0.6 is 0 Å². The van der Waals surface area contributed by atoms with Crippen molar-refractivity contribution in [2.45, 2.75) is 18.2 Å². The minimum Gasteiger partial charge on any atom is -0.493 e. The summed E-state index contributed by atoms with van der Waals surface area (Å²) in [7, 11) is -2.16. The summed E-state index contributed by atoms with van der Waals surface area (Å²) in [4.78, 5) is 12.4. The van der Waals surface area contributed by atoms with Crippen molar-refractivity contribution in [1.29, 1.82) is 0 Å². The first-order valence-corrected chi connectivity index (χ1v) is 11.0. The van der Waals surface area contributed by atoms with Gasteiger partial charge in [-0.15, -0.1) is 0 Å². The van der Waals surface area contributed by atoms with Gasteiger partial charge in [-0.05, 0) is 43.3 Å². The van der Waals surface area contributed by atoms with Gasteiger partial charge in [0.15, 0.2) is 23.0 Å². The van der Waals surface area contributed by atoms with Gasteiger partial charge in [-0.2, -0.15) is 0 Å². The molecule has 0 aliphatic heterocycles. The molecule has 0 spiro atoms. The average molecular weight is 442 g/mol. The highest BCUT2D eigenvalue weighted by Gasteiger charge is 2.16. The molecule has 7 nitrogen and oxygen atoms in total. The van der Waals surface area contributed by atoms with Crippen LogP contribution < -0.4 is 18.9 Å². The number of hydrogen-bond donors (Lipinski definition) is 1. The molecule has 0 radical (unpaired) electrons. The molecule has 1 N–H and O–H groups in total.